The second-order valence-electron chi connectivity index (χ2n) is 7.11. The molecule has 0 saturated heterocycles. The number of rotatable bonds is 8. The molecule has 7 heteroatoms. The lowest BCUT2D eigenvalue weighted by Crippen LogP contribution is -2.29. The highest BCUT2D eigenvalue weighted by atomic mass is 32.2. The molecule has 150 valence electrons. The Morgan fingerprint density at radius 3 is 2.43 bits per heavy atom. The van der Waals surface area contributed by atoms with Gasteiger partial charge in [0, 0.05) is 11.6 Å². The topological polar surface area (TPSA) is 84.5 Å². The van der Waals surface area contributed by atoms with E-state index in [2.05, 4.69) is 10.0 Å². The Morgan fingerprint density at radius 2 is 1.86 bits per heavy atom. The third kappa shape index (κ3) is 4.72. The summed E-state index contributed by atoms with van der Waals surface area (Å²) in [5.41, 5.74) is 2.44. The quantitative estimate of drug-likeness (QED) is 0.709. The summed E-state index contributed by atoms with van der Waals surface area (Å²) in [6, 6.07) is 12.3. The first-order chi connectivity index (χ1) is 13.3. The van der Waals surface area contributed by atoms with Crippen molar-refractivity contribution in [3.05, 3.63) is 59.2 Å². The Balaban J connectivity index is 1.84. The van der Waals surface area contributed by atoms with Gasteiger partial charge >= 0.3 is 0 Å². The first-order valence-corrected chi connectivity index (χ1v) is 10.9. The van der Waals surface area contributed by atoms with Crippen LogP contribution < -0.4 is 14.8 Å². The monoisotopic (exact) mass is 402 g/mol. The molecule has 1 amide bonds. The predicted molar refractivity (Wildman–Crippen MR) is 108 cm³/mol. The molecular formula is C21H26N2O4S. The van der Waals surface area contributed by atoms with Gasteiger partial charge in [0.15, 0.2) is 0 Å². The molecule has 0 aromatic heterocycles. The Kier molecular flexibility index (Phi) is 6.05. The number of nitrogens with one attached hydrogen (secondary N) is 2. The Labute approximate surface area is 166 Å². The number of sulfonamides is 1. The fourth-order valence-electron chi connectivity index (χ4n) is 2.97. The number of hydrogen-bond donors (Lipinski definition) is 2. The summed E-state index contributed by atoms with van der Waals surface area (Å²) in [4.78, 5) is 12.8. The average molecular weight is 403 g/mol. The molecule has 1 aliphatic rings. The smallest absolute Gasteiger partial charge is 0.251 e. The number of hydrogen-bond acceptors (Lipinski definition) is 4. The van der Waals surface area contributed by atoms with Gasteiger partial charge in [-0.1, -0.05) is 36.8 Å². The second kappa shape index (κ2) is 8.32. The van der Waals surface area contributed by atoms with Gasteiger partial charge in [-0.25, -0.2) is 13.1 Å². The van der Waals surface area contributed by atoms with Crippen molar-refractivity contribution in [2.24, 2.45) is 0 Å². The summed E-state index contributed by atoms with van der Waals surface area (Å²) in [5, 5.41) is 2.99. The lowest BCUT2D eigenvalue weighted by molar-refractivity contribution is 0.0935. The number of amides is 1. The number of aryl methyl sites for hydroxylation is 1. The van der Waals surface area contributed by atoms with Gasteiger partial charge < -0.3 is 10.1 Å². The molecule has 2 aromatic rings. The first-order valence-electron chi connectivity index (χ1n) is 9.42. The number of carbonyl (C=O) groups is 1. The van der Waals surface area contributed by atoms with Crippen molar-refractivity contribution in [2.75, 3.05) is 7.11 Å². The highest BCUT2D eigenvalue weighted by Gasteiger charge is 2.30. The fraction of sp³-hybridized carbons (Fsp3) is 0.381. The van der Waals surface area contributed by atoms with Gasteiger partial charge in [0.05, 0.1) is 13.2 Å². The molecular weight excluding hydrogens is 376 g/mol. The predicted octanol–water partition coefficient (Wildman–Crippen LogP) is 3.33. The van der Waals surface area contributed by atoms with Gasteiger partial charge in [0.1, 0.15) is 10.6 Å². The van der Waals surface area contributed by atoms with Gasteiger partial charge in [-0.05, 0) is 49.9 Å². The van der Waals surface area contributed by atoms with Crippen molar-refractivity contribution in [2.45, 2.75) is 50.1 Å². The standard InChI is InChI=1S/C21H26N2O4S/c1-4-18(15-7-5-14(2)6-8-15)22-21(24)16-9-12-19(27-3)20(13-16)28(25,26)23-17-10-11-17/h5-9,12-13,17-18,23H,4,10-11H2,1-3H3,(H,22,24)/t18-/m1/s1. The maximum absolute atomic E-state index is 12.8. The molecule has 2 N–H and O–H groups in total. The van der Waals surface area contributed by atoms with Crippen LogP contribution in [0.2, 0.25) is 0 Å². The van der Waals surface area contributed by atoms with E-state index < -0.39 is 10.0 Å². The van der Waals surface area contributed by atoms with E-state index in [9.17, 15) is 13.2 Å². The summed E-state index contributed by atoms with van der Waals surface area (Å²) in [7, 11) is -2.33. The fourth-order valence-corrected chi connectivity index (χ4v) is 4.47. The van der Waals surface area contributed by atoms with Crippen LogP contribution in [0.15, 0.2) is 47.4 Å². The molecule has 1 atom stereocenters. The zero-order valence-corrected chi connectivity index (χ0v) is 17.2. The maximum atomic E-state index is 12.8. The van der Waals surface area contributed by atoms with Crippen LogP contribution in [0.25, 0.3) is 0 Å². The summed E-state index contributed by atoms with van der Waals surface area (Å²) in [6.07, 6.45) is 2.38. The summed E-state index contributed by atoms with van der Waals surface area (Å²) in [6.45, 7) is 4.01. The summed E-state index contributed by atoms with van der Waals surface area (Å²) in [5.74, 6) is -0.103. The third-order valence-electron chi connectivity index (χ3n) is 4.81. The highest BCUT2D eigenvalue weighted by Crippen LogP contribution is 2.28. The number of ether oxygens (including phenoxy) is 1. The van der Waals surface area contributed by atoms with Crippen LogP contribution in [0.3, 0.4) is 0 Å². The molecule has 0 spiro atoms. The van der Waals surface area contributed by atoms with Crippen LogP contribution >= 0.6 is 0 Å². The molecule has 3 rings (SSSR count). The minimum Gasteiger partial charge on any atom is -0.495 e. The normalized spacial score (nSPS) is 15.1. The van der Waals surface area contributed by atoms with E-state index in [-0.39, 0.29) is 34.2 Å². The molecule has 0 aliphatic heterocycles. The molecule has 0 bridgehead atoms. The van der Waals surface area contributed by atoms with Crippen LogP contribution in [0, 0.1) is 6.92 Å². The van der Waals surface area contributed by atoms with E-state index in [1.165, 1.54) is 19.2 Å². The summed E-state index contributed by atoms with van der Waals surface area (Å²) >= 11 is 0. The molecule has 28 heavy (non-hydrogen) atoms. The lowest BCUT2D eigenvalue weighted by atomic mass is 10.0. The van der Waals surface area contributed by atoms with Crippen molar-refractivity contribution >= 4 is 15.9 Å². The van der Waals surface area contributed by atoms with Crippen molar-refractivity contribution in [3.8, 4) is 5.75 Å². The third-order valence-corrected chi connectivity index (χ3v) is 6.35. The second-order valence-corrected chi connectivity index (χ2v) is 8.79. The molecule has 1 fully saturated rings. The van der Waals surface area contributed by atoms with E-state index in [0.717, 1.165) is 30.4 Å². The molecule has 2 aromatic carbocycles. The van der Waals surface area contributed by atoms with Crippen LogP contribution in [-0.2, 0) is 10.0 Å². The zero-order valence-electron chi connectivity index (χ0n) is 16.4. The van der Waals surface area contributed by atoms with Gasteiger partial charge in [-0.15, -0.1) is 0 Å². The highest BCUT2D eigenvalue weighted by molar-refractivity contribution is 7.89. The Hall–Kier alpha value is -2.38. The van der Waals surface area contributed by atoms with Crippen molar-refractivity contribution in [1.82, 2.24) is 10.0 Å². The largest absolute Gasteiger partial charge is 0.495 e. The van der Waals surface area contributed by atoms with Crippen molar-refractivity contribution in [3.63, 3.8) is 0 Å². The van der Waals surface area contributed by atoms with Crippen molar-refractivity contribution < 1.29 is 17.9 Å². The maximum Gasteiger partial charge on any atom is 0.251 e. The minimum absolute atomic E-state index is 0.0158. The molecule has 0 unspecified atom stereocenters. The van der Waals surface area contributed by atoms with Gasteiger partial charge in [-0.3, -0.25) is 4.79 Å². The van der Waals surface area contributed by atoms with Crippen LogP contribution in [0.5, 0.6) is 5.75 Å². The van der Waals surface area contributed by atoms with Crippen LogP contribution in [0.4, 0.5) is 0 Å². The number of benzene rings is 2. The first kappa shape index (κ1) is 20.4. The number of methoxy groups -OCH3 is 1. The Bertz CT molecular complexity index is 951. The van der Waals surface area contributed by atoms with E-state index in [4.69, 9.17) is 4.74 Å². The van der Waals surface area contributed by atoms with Gasteiger partial charge in [0.25, 0.3) is 5.91 Å². The SMILES string of the molecule is CC[C@@H](NC(=O)c1ccc(OC)c(S(=O)(=O)NC2CC2)c1)c1ccc(C)cc1. The van der Waals surface area contributed by atoms with E-state index in [1.54, 1.807) is 6.07 Å². The number of carbonyl (C=O) groups excluding carboxylic acids is 1. The summed E-state index contributed by atoms with van der Waals surface area (Å²) < 4.78 is 33.1. The van der Waals surface area contributed by atoms with E-state index >= 15 is 0 Å². The molecule has 0 heterocycles. The Morgan fingerprint density at radius 1 is 1.18 bits per heavy atom. The molecule has 1 saturated carbocycles. The van der Waals surface area contributed by atoms with Gasteiger partial charge in [-0.2, -0.15) is 0 Å². The lowest BCUT2D eigenvalue weighted by Gasteiger charge is -2.18. The van der Waals surface area contributed by atoms with Crippen LogP contribution in [0.1, 0.15) is 53.7 Å². The van der Waals surface area contributed by atoms with Crippen molar-refractivity contribution in [1.29, 1.82) is 0 Å². The molecule has 6 nitrogen and oxygen atoms in total. The van der Waals surface area contributed by atoms with Gasteiger partial charge in [0.2, 0.25) is 10.0 Å². The van der Waals surface area contributed by atoms with E-state index in [1.807, 2.05) is 38.1 Å². The van der Waals surface area contributed by atoms with E-state index in [0.29, 0.717) is 0 Å². The average Bonchev–Trinajstić information content (AvgIpc) is 3.49. The van der Waals surface area contributed by atoms with Crippen LogP contribution in [-0.4, -0.2) is 27.5 Å². The zero-order chi connectivity index (χ0) is 20.3. The molecule has 1 aliphatic carbocycles. The minimum atomic E-state index is -3.74. The molecule has 0 radical (unpaired) electrons.